The van der Waals surface area contributed by atoms with Crippen LogP contribution in [0.25, 0.3) is 11.3 Å². The van der Waals surface area contributed by atoms with Gasteiger partial charge in [0.2, 0.25) is 0 Å². The molecule has 1 aromatic heterocycles. The molecule has 2 bridgehead atoms. The number of piperidine rings is 3. The van der Waals surface area contributed by atoms with Gasteiger partial charge < -0.3 is 14.5 Å². The van der Waals surface area contributed by atoms with Crippen molar-refractivity contribution < 1.29 is 13.9 Å². The van der Waals surface area contributed by atoms with E-state index in [4.69, 9.17) is 9.15 Å². The number of carbonyl (C=O) groups is 1. The number of fused-ring (bicyclic) bond motifs is 3. The second kappa shape index (κ2) is 6.52. The second-order valence-electron chi connectivity index (χ2n) is 6.87. The Hall–Kier alpha value is -2.34. The summed E-state index contributed by atoms with van der Waals surface area (Å²) in [7, 11) is 1.63. The first-order chi connectivity index (χ1) is 12.2. The number of benzene rings is 1. The average molecular weight is 341 g/mol. The predicted molar refractivity (Wildman–Crippen MR) is 93.5 cm³/mol. The SMILES string of the molecule is COc1ccc(-c2cnc(C(=O)N[C@@H]3C4CCN(CC4)[C@H]3C)o2)cc1. The van der Waals surface area contributed by atoms with Crippen molar-refractivity contribution in [2.45, 2.75) is 31.8 Å². The van der Waals surface area contributed by atoms with Crippen LogP contribution in [0.3, 0.4) is 0 Å². The zero-order valence-electron chi connectivity index (χ0n) is 14.6. The standard InChI is InChI=1S/C19H23N3O3/c1-12-17(14-7-9-22(12)10-8-14)21-18(23)19-20-11-16(25-19)13-3-5-15(24-2)6-4-13/h3-6,11-12,14,17H,7-10H2,1-2H3,(H,21,23)/t12-,17-/m0/s1. The third-order valence-corrected chi connectivity index (χ3v) is 5.55. The Morgan fingerprint density at radius 3 is 2.64 bits per heavy atom. The molecule has 3 saturated heterocycles. The van der Waals surface area contributed by atoms with Gasteiger partial charge in [0.15, 0.2) is 5.76 Å². The van der Waals surface area contributed by atoms with E-state index in [2.05, 4.69) is 22.1 Å². The lowest BCUT2D eigenvalue weighted by atomic mass is 9.79. The summed E-state index contributed by atoms with van der Waals surface area (Å²) in [5.74, 6) is 1.80. The molecule has 0 saturated carbocycles. The zero-order chi connectivity index (χ0) is 17.4. The Morgan fingerprint density at radius 2 is 2.00 bits per heavy atom. The molecule has 6 heteroatoms. The van der Waals surface area contributed by atoms with E-state index in [1.165, 1.54) is 0 Å². The first-order valence-electron chi connectivity index (χ1n) is 8.81. The van der Waals surface area contributed by atoms with E-state index >= 15 is 0 Å². The summed E-state index contributed by atoms with van der Waals surface area (Å²) < 4.78 is 10.8. The number of aromatic nitrogens is 1. The van der Waals surface area contributed by atoms with Gasteiger partial charge in [0.05, 0.1) is 13.3 Å². The summed E-state index contributed by atoms with van der Waals surface area (Å²) in [4.78, 5) is 19.2. The minimum Gasteiger partial charge on any atom is -0.497 e. The van der Waals surface area contributed by atoms with Gasteiger partial charge in [-0.05, 0) is 63.0 Å². The van der Waals surface area contributed by atoms with E-state index < -0.39 is 0 Å². The minimum absolute atomic E-state index is 0.120. The number of hydrogen-bond donors (Lipinski definition) is 1. The minimum atomic E-state index is -0.231. The molecule has 25 heavy (non-hydrogen) atoms. The number of amides is 1. The number of ether oxygens (including phenoxy) is 1. The number of rotatable bonds is 4. The molecule has 5 rings (SSSR count). The van der Waals surface area contributed by atoms with Crippen molar-refractivity contribution in [3.63, 3.8) is 0 Å². The van der Waals surface area contributed by atoms with Crippen LogP contribution in [0.1, 0.15) is 30.5 Å². The maximum absolute atomic E-state index is 12.6. The second-order valence-corrected chi connectivity index (χ2v) is 6.87. The molecule has 1 amide bonds. The summed E-state index contributed by atoms with van der Waals surface area (Å²) in [6.45, 7) is 4.46. The van der Waals surface area contributed by atoms with Crippen molar-refractivity contribution in [2.24, 2.45) is 5.92 Å². The Morgan fingerprint density at radius 1 is 1.28 bits per heavy atom. The van der Waals surface area contributed by atoms with Crippen LogP contribution in [0.2, 0.25) is 0 Å². The molecule has 2 atom stereocenters. The molecule has 132 valence electrons. The fourth-order valence-corrected chi connectivity index (χ4v) is 4.03. The number of carbonyl (C=O) groups excluding carboxylic acids is 1. The number of nitrogens with zero attached hydrogens (tertiary/aromatic N) is 2. The summed E-state index contributed by atoms with van der Waals surface area (Å²) >= 11 is 0. The molecule has 1 N–H and O–H groups in total. The lowest BCUT2D eigenvalue weighted by Crippen LogP contribution is -2.62. The molecule has 0 radical (unpaired) electrons. The third-order valence-electron chi connectivity index (χ3n) is 5.55. The number of nitrogens with one attached hydrogen (secondary N) is 1. The Balaban J connectivity index is 1.47. The van der Waals surface area contributed by atoms with Gasteiger partial charge in [-0.2, -0.15) is 0 Å². The lowest BCUT2D eigenvalue weighted by molar-refractivity contribution is 0.0210. The Bertz CT molecular complexity index is 746. The Labute approximate surface area is 147 Å². The molecule has 0 unspecified atom stereocenters. The van der Waals surface area contributed by atoms with E-state index in [9.17, 15) is 4.79 Å². The van der Waals surface area contributed by atoms with Gasteiger partial charge in [-0.15, -0.1) is 0 Å². The summed E-state index contributed by atoms with van der Waals surface area (Å²) in [5.41, 5.74) is 0.864. The molecule has 4 heterocycles. The maximum atomic E-state index is 12.6. The van der Waals surface area contributed by atoms with Gasteiger partial charge in [-0.1, -0.05) is 0 Å². The van der Waals surface area contributed by atoms with Crippen LogP contribution in [0.4, 0.5) is 0 Å². The van der Waals surface area contributed by atoms with Gasteiger partial charge in [-0.25, -0.2) is 4.98 Å². The molecule has 3 aliphatic heterocycles. The Kier molecular flexibility index (Phi) is 4.21. The van der Waals surface area contributed by atoms with Crippen molar-refractivity contribution in [1.29, 1.82) is 0 Å². The summed E-state index contributed by atoms with van der Waals surface area (Å²) in [6.07, 6.45) is 3.90. The van der Waals surface area contributed by atoms with Gasteiger partial charge in [0.25, 0.3) is 5.89 Å². The van der Waals surface area contributed by atoms with Gasteiger partial charge in [-0.3, -0.25) is 9.69 Å². The van der Waals surface area contributed by atoms with E-state index in [1.54, 1.807) is 13.3 Å². The van der Waals surface area contributed by atoms with E-state index in [0.717, 1.165) is 37.2 Å². The van der Waals surface area contributed by atoms with Crippen LogP contribution < -0.4 is 10.1 Å². The number of methoxy groups -OCH3 is 1. The van der Waals surface area contributed by atoms with Crippen molar-refractivity contribution >= 4 is 5.91 Å². The van der Waals surface area contributed by atoms with Crippen LogP contribution >= 0.6 is 0 Å². The normalized spacial score (nSPS) is 27.9. The lowest BCUT2D eigenvalue weighted by Gasteiger charge is -2.49. The van der Waals surface area contributed by atoms with Crippen LogP contribution in [0.15, 0.2) is 34.9 Å². The van der Waals surface area contributed by atoms with E-state index in [-0.39, 0.29) is 17.8 Å². The molecule has 0 aliphatic carbocycles. The highest BCUT2D eigenvalue weighted by molar-refractivity contribution is 5.90. The molecular weight excluding hydrogens is 318 g/mol. The highest BCUT2D eigenvalue weighted by Gasteiger charge is 2.40. The van der Waals surface area contributed by atoms with Crippen LogP contribution in [0, 0.1) is 5.92 Å². The fourth-order valence-electron chi connectivity index (χ4n) is 4.03. The first-order valence-corrected chi connectivity index (χ1v) is 8.81. The van der Waals surface area contributed by atoms with Gasteiger partial charge in [0.1, 0.15) is 5.75 Å². The highest BCUT2D eigenvalue weighted by atomic mass is 16.5. The van der Waals surface area contributed by atoms with Crippen LogP contribution in [0.5, 0.6) is 5.75 Å². The quantitative estimate of drug-likeness (QED) is 0.926. The zero-order valence-corrected chi connectivity index (χ0v) is 14.6. The number of hydrogen-bond acceptors (Lipinski definition) is 5. The van der Waals surface area contributed by atoms with Crippen LogP contribution in [-0.4, -0.2) is 48.1 Å². The smallest absolute Gasteiger partial charge is 0.307 e. The largest absolute Gasteiger partial charge is 0.497 e. The topological polar surface area (TPSA) is 67.6 Å². The molecule has 3 aliphatic rings. The molecule has 6 nitrogen and oxygen atoms in total. The van der Waals surface area contributed by atoms with Crippen LogP contribution in [-0.2, 0) is 0 Å². The summed E-state index contributed by atoms with van der Waals surface area (Å²) in [6, 6.07) is 8.02. The van der Waals surface area contributed by atoms with Crippen molar-refractivity contribution in [2.75, 3.05) is 20.2 Å². The average Bonchev–Trinajstić information content (AvgIpc) is 3.15. The first kappa shape index (κ1) is 16.1. The maximum Gasteiger partial charge on any atom is 0.307 e. The fraction of sp³-hybridized carbons (Fsp3) is 0.474. The predicted octanol–water partition coefficient (Wildman–Crippen LogP) is 2.56. The van der Waals surface area contributed by atoms with Crippen molar-refractivity contribution in [3.8, 4) is 17.1 Å². The van der Waals surface area contributed by atoms with Gasteiger partial charge in [0, 0.05) is 17.6 Å². The van der Waals surface area contributed by atoms with Gasteiger partial charge >= 0.3 is 5.91 Å². The number of oxazole rings is 1. The molecular formula is C19H23N3O3. The van der Waals surface area contributed by atoms with E-state index in [0.29, 0.717) is 17.7 Å². The monoisotopic (exact) mass is 341 g/mol. The van der Waals surface area contributed by atoms with Crippen molar-refractivity contribution in [1.82, 2.24) is 15.2 Å². The molecule has 0 spiro atoms. The van der Waals surface area contributed by atoms with E-state index in [1.807, 2.05) is 24.3 Å². The third kappa shape index (κ3) is 3.02. The molecule has 1 aromatic carbocycles. The summed E-state index contributed by atoms with van der Waals surface area (Å²) in [5, 5.41) is 3.14. The molecule has 2 aromatic rings. The molecule has 3 fully saturated rings. The highest BCUT2D eigenvalue weighted by Crippen LogP contribution is 2.32. The van der Waals surface area contributed by atoms with Crippen molar-refractivity contribution in [3.05, 3.63) is 36.4 Å².